The van der Waals surface area contributed by atoms with E-state index < -0.39 is 11.8 Å². The summed E-state index contributed by atoms with van der Waals surface area (Å²) in [5.74, 6) is -1.15. The number of amides is 2. The molecular formula is C16H23N3O3. The first-order chi connectivity index (χ1) is 10.7. The number of rotatable bonds is 5. The Morgan fingerprint density at radius 3 is 2.68 bits per heavy atom. The van der Waals surface area contributed by atoms with Crippen LogP contribution < -0.4 is 10.6 Å². The summed E-state index contributed by atoms with van der Waals surface area (Å²) in [7, 11) is 0. The van der Waals surface area contributed by atoms with Gasteiger partial charge in [-0.05, 0) is 12.5 Å². The Bertz CT molecular complexity index is 493. The smallest absolute Gasteiger partial charge is 0.309 e. The second-order valence-electron chi connectivity index (χ2n) is 5.19. The van der Waals surface area contributed by atoms with Gasteiger partial charge in [-0.15, -0.1) is 0 Å². The van der Waals surface area contributed by atoms with Gasteiger partial charge in [-0.1, -0.05) is 30.3 Å². The molecule has 1 saturated heterocycles. The summed E-state index contributed by atoms with van der Waals surface area (Å²) in [6, 6.07) is 10.1. The van der Waals surface area contributed by atoms with Crippen molar-refractivity contribution in [3.05, 3.63) is 35.9 Å². The topological polar surface area (TPSA) is 70.7 Å². The second-order valence-corrected chi connectivity index (χ2v) is 5.19. The minimum atomic E-state index is -0.577. The number of nitrogens with one attached hydrogen (secondary N) is 2. The van der Waals surface area contributed by atoms with Crippen molar-refractivity contribution in [1.82, 2.24) is 15.5 Å². The number of carbonyl (C=O) groups is 2. The fraction of sp³-hybridized carbons (Fsp3) is 0.500. The number of carbonyl (C=O) groups excluding carboxylic acids is 2. The van der Waals surface area contributed by atoms with Crippen LogP contribution in [0.3, 0.4) is 0 Å². The molecule has 0 saturated carbocycles. The lowest BCUT2D eigenvalue weighted by Gasteiger charge is -2.33. The molecule has 1 unspecified atom stereocenters. The monoisotopic (exact) mass is 305 g/mol. The summed E-state index contributed by atoms with van der Waals surface area (Å²) in [5.41, 5.74) is 1.17. The summed E-state index contributed by atoms with van der Waals surface area (Å²) >= 11 is 0. The number of hydrogen-bond acceptors (Lipinski definition) is 4. The Hall–Kier alpha value is -1.92. The van der Waals surface area contributed by atoms with Crippen LogP contribution in [0.5, 0.6) is 0 Å². The minimum Gasteiger partial charge on any atom is -0.371 e. The van der Waals surface area contributed by atoms with Crippen molar-refractivity contribution >= 4 is 11.8 Å². The van der Waals surface area contributed by atoms with Crippen LogP contribution in [-0.2, 0) is 14.3 Å². The molecule has 2 rings (SSSR count). The van der Waals surface area contributed by atoms with E-state index in [0.29, 0.717) is 26.2 Å². The maximum absolute atomic E-state index is 11.5. The maximum Gasteiger partial charge on any atom is 0.309 e. The predicted octanol–water partition coefficient (Wildman–Crippen LogP) is 0.312. The number of hydrogen-bond donors (Lipinski definition) is 2. The summed E-state index contributed by atoms with van der Waals surface area (Å²) in [4.78, 5) is 25.0. The normalized spacial score (nSPS) is 18.7. The van der Waals surface area contributed by atoms with E-state index in [4.69, 9.17) is 4.74 Å². The first-order valence-electron chi connectivity index (χ1n) is 7.65. The molecule has 2 amide bonds. The third-order valence-electron chi connectivity index (χ3n) is 3.58. The molecule has 0 bridgehead atoms. The van der Waals surface area contributed by atoms with Crippen molar-refractivity contribution in [1.29, 1.82) is 0 Å². The van der Waals surface area contributed by atoms with Crippen molar-refractivity contribution in [2.24, 2.45) is 0 Å². The van der Waals surface area contributed by atoms with Gasteiger partial charge < -0.3 is 15.4 Å². The molecule has 1 aromatic rings. The summed E-state index contributed by atoms with van der Waals surface area (Å²) in [6.45, 7) is 5.69. The van der Waals surface area contributed by atoms with Gasteiger partial charge in [-0.2, -0.15) is 0 Å². The lowest BCUT2D eigenvalue weighted by molar-refractivity contribution is -0.139. The molecule has 6 nitrogen and oxygen atoms in total. The van der Waals surface area contributed by atoms with E-state index in [2.05, 4.69) is 27.7 Å². The van der Waals surface area contributed by atoms with Crippen LogP contribution in [0.25, 0.3) is 0 Å². The zero-order valence-electron chi connectivity index (χ0n) is 12.9. The lowest BCUT2D eigenvalue weighted by Crippen LogP contribution is -2.45. The van der Waals surface area contributed by atoms with Crippen LogP contribution in [-0.4, -0.2) is 56.0 Å². The molecule has 2 N–H and O–H groups in total. The number of likely N-dealkylation sites (N-methyl/N-ethyl adjacent to an activating group) is 1. The van der Waals surface area contributed by atoms with E-state index >= 15 is 0 Å². The summed E-state index contributed by atoms with van der Waals surface area (Å²) in [6.07, 6.45) is 0.0639. The van der Waals surface area contributed by atoms with E-state index in [1.165, 1.54) is 5.56 Å². The molecule has 1 aromatic carbocycles. The largest absolute Gasteiger partial charge is 0.371 e. The van der Waals surface area contributed by atoms with Crippen LogP contribution in [0.4, 0.5) is 0 Å². The molecule has 1 fully saturated rings. The highest BCUT2D eigenvalue weighted by Crippen LogP contribution is 2.21. The highest BCUT2D eigenvalue weighted by Gasteiger charge is 2.21. The minimum absolute atomic E-state index is 0.0639. The zero-order chi connectivity index (χ0) is 15.8. The average molecular weight is 305 g/mol. The van der Waals surface area contributed by atoms with Gasteiger partial charge in [0.05, 0.1) is 12.7 Å². The predicted molar refractivity (Wildman–Crippen MR) is 83.3 cm³/mol. The van der Waals surface area contributed by atoms with Gasteiger partial charge in [0.15, 0.2) is 0 Å². The van der Waals surface area contributed by atoms with Crippen molar-refractivity contribution in [2.75, 3.05) is 39.3 Å². The first-order valence-corrected chi connectivity index (χ1v) is 7.65. The molecule has 6 heteroatoms. The molecule has 1 heterocycles. The first kappa shape index (κ1) is 16.5. The van der Waals surface area contributed by atoms with Crippen LogP contribution in [0.1, 0.15) is 18.6 Å². The van der Waals surface area contributed by atoms with Crippen LogP contribution in [0.15, 0.2) is 30.3 Å². The Labute approximate surface area is 130 Å². The Morgan fingerprint density at radius 1 is 1.23 bits per heavy atom. The average Bonchev–Trinajstić information content (AvgIpc) is 2.56. The molecule has 0 aliphatic carbocycles. The SMILES string of the molecule is CCNC(=O)C(=O)NCCN1CCOC(c2ccccc2)C1. The molecule has 120 valence electrons. The molecule has 1 atom stereocenters. The van der Waals surface area contributed by atoms with Gasteiger partial charge in [0.1, 0.15) is 0 Å². The Kier molecular flexibility index (Phi) is 6.36. The van der Waals surface area contributed by atoms with Crippen molar-refractivity contribution in [3.63, 3.8) is 0 Å². The van der Waals surface area contributed by atoms with Crippen molar-refractivity contribution in [3.8, 4) is 0 Å². The number of benzene rings is 1. The zero-order valence-corrected chi connectivity index (χ0v) is 12.9. The molecule has 0 aromatic heterocycles. The van der Waals surface area contributed by atoms with Gasteiger partial charge in [-0.25, -0.2) is 0 Å². The van der Waals surface area contributed by atoms with Crippen LogP contribution in [0.2, 0.25) is 0 Å². The van der Waals surface area contributed by atoms with Crippen molar-refractivity contribution in [2.45, 2.75) is 13.0 Å². The number of morpholine rings is 1. The molecule has 0 radical (unpaired) electrons. The fourth-order valence-corrected chi connectivity index (χ4v) is 2.42. The van der Waals surface area contributed by atoms with E-state index in [-0.39, 0.29) is 6.10 Å². The second kappa shape index (κ2) is 8.51. The highest BCUT2D eigenvalue weighted by atomic mass is 16.5. The van der Waals surface area contributed by atoms with Gasteiger partial charge in [0, 0.05) is 32.7 Å². The Morgan fingerprint density at radius 2 is 1.95 bits per heavy atom. The van der Waals surface area contributed by atoms with Gasteiger partial charge in [0.2, 0.25) is 0 Å². The number of ether oxygens (including phenoxy) is 1. The van der Waals surface area contributed by atoms with E-state index in [1.807, 2.05) is 18.2 Å². The molecule has 0 spiro atoms. The van der Waals surface area contributed by atoms with E-state index in [0.717, 1.165) is 13.1 Å². The fourth-order valence-electron chi connectivity index (χ4n) is 2.42. The van der Waals surface area contributed by atoms with Crippen LogP contribution in [0, 0.1) is 0 Å². The third kappa shape index (κ3) is 4.82. The quantitative estimate of drug-likeness (QED) is 0.768. The van der Waals surface area contributed by atoms with Gasteiger partial charge in [-0.3, -0.25) is 14.5 Å². The van der Waals surface area contributed by atoms with Crippen molar-refractivity contribution < 1.29 is 14.3 Å². The van der Waals surface area contributed by atoms with Gasteiger partial charge >= 0.3 is 11.8 Å². The maximum atomic E-state index is 11.5. The Balaban J connectivity index is 1.74. The highest BCUT2D eigenvalue weighted by molar-refractivity contribution is 6.35. The molecule has 1 aliphatic rings. The van der Waals surface area contributed by atoms with E-state index in [1.54, 1.807) is 6.92 Å². The van der Waals surface area contributed by atoms with Crippen LogP contribution >= 0.6 is 0 Å². The number of nitrogens with zero attached hydrogens (tertiary/aromatic N) is 1. The molecule has 22 heavy (non-hydrogen) atoms. The lowest BCUT2D eigenvalue weighted by atomic mass is 10.1. The third-order valence-corrected chi connectivity index (χ3v) is 3.58. The summed E-state index contributed by atoms with van der Waals surface area (Å²) in [5, 5.41) is 5.11. The molecule has 1 aliphatic heterocycles. The van der Waals surface area contributed by atoms with Gasteiger partial charge in [0.25, 0.3) is 0 Å². The summed E-state index contributed by atoms with van der Waals surface area (Å²) < 4.78 is 5.80. The molecular weight excluding hydrogens is 282 g/mol. The van der Waals surface area contributed by atoms with E-state index in [9.17, 15) is 9.59 Å². The standard InChI is InChI=1S/C16H23N3O3/c1-2-17-15(20)16(21)18-8-9-19-10-11-22-14(12-19)13-6-4-3-5-7-13/h3-7,14H,2,8-12H2,1H3,(H,17,20)(H,18,21).